The van der Waals surface area contributed by atoms with Crippen molar-refractivity contribution >= 4 is 16.9 Å². The zero-order chi connectivity index (χ0) is 23.0. The molecule has 0 radical (unpaired) electrons. The number of carbonyl (C=O) groups excluding carboxylic acids is 1. The highest BCUT2D eigenvalue weighted by atomic mass is 16.2. The van der Waals surface area contributed by atoms with Crippen LogP contribution in [0.3, 0.4) is 0 Å². The third-order valence-corrected chi connectivity index (χ3v) is 6.27. The summed E-state index contributed by atoms with van der Waals surface area (Å²) in [7, 11) is 0. The van der Waals surface area contributed by atoms with Crippen molar-refractivity contribution in [3.8, 4) is 0 Å². The predicted molar refractivity (Wildman–Crippen MR) is 125 cm³/mol. The number of amides is 1. The van der Waals surface area contributed by atoms with Crippen LogP contribution in [0.25, 0.3) is 11.0 Å². The minimum absolute atomic E-state index is 0.124. The zero-order valence-electron chi connectivity index (χ0n) is 19.1. The molecule has 3 aromatic rings. The highest BCUT2D eigenvalue weighted by molar-refractivity contribution is 6.05. The first kappa shape index (κ1) is 22.0. The lowest BCUT2D eigenvalue weighted by molar-refractivity contribution is 0.0936. The topological polar surface area (TPSA) is 96.9 Å². The number of aryl methyl sites for hydroxylation is 1. The van der Waals surface area contributed by atoms with Gasteiger partial charge in [0.15, 0.2) is 5.65 Å². The van der Waals surface area contributed by atoms with Crippen molar-refractivity contribution in [1.82, 2.24) is 19.9 Å². The maximum Gasteiger partial charge on any atom is 0.329 e. The highest BCUT2D eigenvalue weighted by Gasteiger charge is 2.30. The number of aromatic amines is 1. The summed E-state index contributed by atoms with van der Waals surface area (Å²) >= 11 is 0. The molecular formula is C25H30N4O3. The molecule has 0 saturated heterocycles. The molecular weight excluding hydrogens is 404 g/mol. The first-order chi connectivity index (χ1) is 15.2. The van der Waals surface area contributed by atoms with Gasteiger partial charge in [-0.2, -0.15) is 0 Å². The van der Waals surface area contributed by atoms with Gasteiger partial charge < -0.3 is 5.32 Å². The Hall–Kier alpha value is -3.22. The number of nitrogens with zero attached hydrogens (tertiary/aromatic N) is 2. The number of nitrogens with one attached hydrogen (secondary N) is 2. The van der Waals surface area contributed by atoms with Gasteiger partial charge in [-0.3, -0.25) is 19.1 Å². The van der Waals surface area contributed by atoms with Crippen LogP contribution in [0.2, 0.25) is 0 Å². The normalized spacial score (nSPS) is 15.0. The summed E-state index contributed by atoms with van der Waals surface area (Å²) in [6.07, 6.45) is 2.73. The number of hydrogen-bond donors (Lipinski definition) is 2. The molecule has 2 N–H and O–H groups in total. The highest BCUT2D eigenvalue weighted by Crippen LogP contribution is 2.40. The lowest BCUT2D eigenvalue weighted by Crippen LogP contribution is -2.38. The fourth-order valence-corrected chi connectivity index (χ4v) is 4.48. The van der Waals surface area contributed by atoms with E-state index in [-0.39, 0.29) is 39.9 Å². The molecule has 7 nitrogen and oxygen atoms in total. The Morgan fingerprint density at radius 1 is 1.25 bits per heavy atom. The quantitative estimate of drug-likeness (QED) is 0.595. The molecule has 168 valence electrons. The second-order valence-electron chi connectivity index (χ2n) is 9.40. The van der Waals surface area contributed by atoms with Gasteiger partial charge in [-0.1, -0.05) is 44.2 Å². The van der Waals surface area contributed by atoms with Crippen LogP contribution < -0.4 is 16.6 Å². The molecule has 1 saturated carbocycles. The maximum absolute atomic E-state index is 13.3. The van der Waals surface area contributed by atoms with Crippen molar-refractivity contribution in [3.05, 3.63) is 74.1 Å². The minimum atomic E-state index is -0.577. The smallest absolute Gasteiger partial charge is 0.329 e. The van der Waals surface area contributed by atoms with Crippen molar-refractivity contribution in [1.29, 1.82) is 0 Å². The fraction of sp³-hybridized carbons (Fsp3) is 0.440. The molecule has 0 spiro atoms. The van der Waals surface area contributed by atoms with E-state index in [1.54, 1.807) is 6.07 Å². The van der Waals surface area contributed by atoms with Crippen LogP contribution in [-0.4, -0.2) is 26.5 Å². The monoisotopic (exact) mass is 434 g/mol. The number of carbonyl (C=O) groups is 1. The van der Waals surface area contributed by atoms with Gasteiger partial charge in [-0.05, 0) is 50.2 Å². The molecule has 1 amide bonds. The van der Waals surface area contributed by atoms with Crippen LogP contribution in [0.15, 0.2) is 46.0 Å². The Bertz CT molecular complexity index is 1270. The van der Waals surface area contributed by atoms with Crippen LogP contribution in [0, 0.1) is 0 Å². The predicted octanol–water partition coefficient (Wildman–Crippen LogP) is 3.47. The Morgan fingerprint density at radius 3 is 2.56 bits per heavy atom. The molecule has 0 bridgehead atoms. The molecule has 1 atom stereocenters. The van der Waals surface area contributed by atoms with E-state index in [9.17, 15) is 14.4 Å². The SMILES string of the molecule is CCn1c(=O)[nH]c(=O)c2c(C(=O)NC(C)CC(C)(C)c3ccccc3)cc(C3CC3)nc21. The number of aromatic nitrogens is 3. The van der Waals surface area contributed by atoms with Crippen molar-refractivity contribution in [2.75, 3.05) is 0 Å². The summed E-state index contributed by atoms with van der Waals surface area (Å²) < 4.78 is 1.42. The Morgan fingerprint density at radius 2 is 1.94 bits per heavy atom. The number of H-pyrrole nitrogens is 1. The molecule has 7 heteroatoms. The van der Waals surface area contributed by atoms with Crippen molar-refractivity contribution in [3.63, 3.8) is 0 Å². The molecule has 1 aromatic carbocycles. The van der Waals surface area contributed by atoms with E-state index < -0.39 is 11.2 Å². The van der Waals surface area contributed by atoms with Gasteiger partial charge in [0, 0.05) is 24.2 Å². The molecule has 0 aliphatic heterocycles. The van der Waals surface area contributed by atoms with Gasteiger partial charge in [0.1, 0.15) is 0 Å². The van der Waals surface area contributed by atoms with Gasteiger partial charge >= 0.3 is 5.69 Å². The van der Waals surface area contributed by atoms with E-state index >= 15 is 0 Å². The number of benzene rings is 1. The minimum Gasteiger partial charge on any atom is -0.350 e. The molecule has 4 rings (SSSR count). The molecule has 2 heterocycles. The van der Waals surface area contributed by atoms with Crippen molar-refractivity contribution in [2.24, 2.45) is 0 Å². The summed E-state index contributed by atoms with van der Waals surface area (Å²) in [6.45, 7) is 8.46. The van der Waals surface area contributed by atoms with Crippen LogP contribution in [0.4, 0.5) is 0 Å². The maximum atomic E-state index is 13.3. The number of hydrogen-bond acceptors (Lipinski definition) is 4. The summed E-state index contributed by atoms with van der Waals surface area (Å²) in [5.41, 5.74) is 1.33. The fourth-order valence-electron chi connectivity index (χ4n) is 4.48. The number of rotatable bonds is 7. The summed E-state index contributed by atoms with van der Waals surface area (Å²) in [5.74, 6) is -0.0393. The van der Waals surface area contributed by atoms with E-state index in [2.05, 4.69) is 41.3 Å². The Labute approximate surface area is 186 Å². The van der Waals surface area contributed by atoms with Gasteiger partial charge in [0.05, 0.1) is 10.9 Å². The Kier molecular flexibility index (Phi) is 5.75. The van der Waals surface area contributed by atoms with Crippen molar-refractivity contribution in [2.45, 2.75) is 70.9 Å². The molecule has 1 fully saturated rings. The van der Waals surface area contributed by atoms with Crippen LogP contribution in [0.5, 0.6) is 0 Å². The van der Waals surface area contributed by atoms with E-state index in [4.69, 9.17) is 0 Å². The van der Waals surface area contributed by atoms with Crippen molar-refractivity contribution < 1.29 is 4.79 Å². The van der Waals surface area contributed by atoms with Gasteiger partial charge in [-0.25, -0.2) is 9.78 Å². The van der Waals surface area contributed by atoms with Gasteiger partial charge in [-0.15, -0.1) is 0 Å². The molecule has 1 aliphatic rings. The van der Waals surface area contributed by atoms with E-state index in [0.717, 1.165) is 25.0 Å². The standard InChI is InChI=1S/C25H30N4O3/c1-5-29-21-20(23(31)28-24(29)32)18(13-19(27-21)16-11-12-16)22(30)26-15(2)14-25(3,4)17-9-7-6-8-10-17/h6-10,13,15-16H,5,11-12,14H2,1-4H3,(H,26,30)(H,28,31,32). The first-order valence-corrected chi connectivity index (χ1v) is 11.3. The number of fused-ring (bicyclic) bond motifs is 1. The van der Waals surface area contributed by atoms with Crippen LogP contribution in [-0.2, 0) is 12.0 Å². The average molecular weight is 435 g/mol. The summed E-state index contributed by atoms with van der Waals surface area (Å²) in [6, 6.07) is 11.8. The summed E-state index contributed by atoms with van der Waals surface area (Å²) in [5, 5.41) is 3.24. The first-order valence-electron chi connectivity index (χ1n) is 11.3. The largest absolute Gasteiger partial charge is 0.350 e. The Balaban J connectivity index is 1.69. The van der Waals surface area contributed by atoms with E-state index in [1.807, 2.05) is 32.0 Å². The van der Waals surface area contributed by atoms with Gasteiger partial charge in [0.25, 0.3) is 11.5 Å². The molecule has 32 heavy (non-hydrogen) atoms. The zero-order valence-corrected chi connectivity index (χ0v) is 19.1. The van der Waals surface area contributed by atoms with Crippen LogP contribution in [0.1, 0.15) is 74.5 Å². The number of pyridine rings is 1. The summed E-state index contributed by atoms with van der Waals surface area (Å²) in [4.78, 5) is 45.3. The lowest BCUT2D eigenvalue weighted by atomic mass is 9.79. The van der Waals surface area contributed by atoms with Gasteiger partial charge in [0.2, 0.25) is 0 Å². The second-order valence-corrected chi connectivity index (χ2v) is 9.40. The van der Waals surface area contributed by atoms with Crippen LogP contribution >= 0.6 is 0 Å². The molecule has 2 aromatic heterocycles. The molecule has 1 unspecified atom stereocenters. The molecule has 1 aliphatic carbocycles. The third kappa shape index (κ3) is 4.24. The third-order valence-electron chi connectivity index (χ3n) is 6.27. The van der Waals surface area contributed by atoms with E-state index in [1.165, 1.54) is 10.1 Å². The second kappa shape index (κ2) is 8.37. The lowest BCUT2D eigenvalue weighted by Gasteiger charge is -2.29. The van der Waals surface area contributed by atoms with E-state index in [0.29, 0.717) is 6.54 Å². The average Bonchev–Trinajstić information content (AvgIpc) is 3.58.